The Hall–Kier alpha value is -4.66. The molecule has 192 valence electrons. The molecule has 0 saturated heterocycles. The second kappa shape index (κ2) is 10.0. The van der Waals surface area contributed by atoms with Crippen molar-refractivity contribution in [1.82, 2.24) is 29.9 Å². The van der Waals surface area contributed by atoms with E-state index in [1.54, 1.807) is 6.20 Å². The van der Waals surface area contributed by atoms with Gasteiger partial charge in [0.05, 0.1) is 25.5 Å². The summed E-state index contributed by atoms with van der Waals surface area (Å²) >= 11 is 0. The normalized spacial score (nSPS) is 13.1. The van der Waals surface area contributed by atoms with Crippen LogP contribution in [0.3, 0.4) is 0 Å². The van der Waals surface area contributed by atoms with Gasteiger partial charge in [-0.05, 0) is 59.5 Å². The SMILES string of the molecule is Cc1cnn(Cc2ccc(Cn3cc(OC(=O)NCc4ccc5c(N)nccc5c4)c(C4CC4)n3)cc2)c1. The first-order chi connectivity index (χ1) is 18.5. The molecule has 3 N–H and O–H groups in total. The van der Waals surface area contributed by atoms with Gasteiger partial charge in [0.2, 0.25) is 0 Å². The van der Waals surface area contributed by atoms with Crippen molar-refractivity contribution < 1.29 is 9.53 Å². The number of aromatic nitrogens is 5. The largest absolute Gasteiger partial charge is 0.412 e. The molecule has 0 atom stereocenters. The van der Waals surface area contributed by atoms with Crippen LogP contribution < -0.4 is 15.8 Å². The van der Waals surface area contributed by atoms with Gasteiger partial charge in [-0.1, -0.05) is 36.4 Å². The lowest BCUT2D eigenvalue weighted by molar-refractivity contribution is 0.199. The lowest BCUT2D eigenvalue weighted by Crippen LogP contribution is -2.26. The van der Waals surface area contributed by atoms with Gasteiger partial charge in [-0.25, -0.2) is 9.78 Å². The highest BCUT2D eigenvalue weighted by Gasteiger charge is 2.31. The minimum Gasteiger partial charge on any atom is -0.407 e. The van der Waals surface area contributed by atoms with Gasteiger partial charge in [0.15, 0.2) is 5.75 Å². The van der Waals surface area contributed by atoms with Crippen LogP contribution >= 0.6 is 0 Å². The van der Waals surface area contributed by atoms with E-state index in [1.165, 1.54) is 5.56 Å². The monoisotopic (exact) mass is 507 g/mol. The number of anilines is 1. The number of hydrogen-bond acceptors (Lipinski definition) is 6. The van der Waals surface area contributed by atoms with E-state index in [0.717, 1.165) is 52.5 Å². The number of amides is 1. The zero-order valence-corrected chi connectivity index (χ0v) is 21.2. The van der Waals surface area contributed by atoms with Crippen LogP contribution in [0.25, 0.3) is 10.8 Å². The fourth-order valence-corrected chi connectivity index (χ4v) is 4.57. The standard InChI is InChI=1S/C29H29N7O2/c1-19-13-33-35(15-19)16-20-2-4-21(5-3-20)17-36-18-26(27(34-36)23-7-8-23)38-29(37)32-14-22-6-9-25-24(12-22)10-11-31-28(25)30/h2-6,9-13,15,18,23H,7-8,14,16-17H2,1H3,(H2,30,31)(H,32,37). The number of carbonyl (C=O) groups is 1. The lowest BCUT2D eigenvalue weighted by atomic mass is 10.1. The van der Waals surface area contributed by atoms with Crippen LogP contribution in [0.15, 0.2) is 73.3 Å². The van der Waals surface area contributed by atoms with Crippen molar-refractivity contribution in [3.8, 4) is 5.75 Å². The zero-order chi connectivity index (χ0) is 26.1. The number of hydrogen-bond donors (Lipinski definition) is 2. The maximum atomic E-state index is 12.6. The van der Waals surface area contributed by atoms with E-state index < -0.39 is 6.09 Å². The van der Waals surface area contributed by atoms with E-state index in [0.29, 0.717) is 30.6 Å². The lowest BCUT2D eigenvalue weighted by Gasteiger charge is -2.08. The molecule has 1 aliphatic rings. The predicted octanol–water partition coefficient (Wildman–Crippen LogP) is 4.78. The Morgan fingerprint density at radius 2 is 1.76 bits per heavy atom. The first-order valence-electron chi connectivity index (χ1n) is 12.7. The maximum absolute atomic E-state index is 12.6. The summed E-state index contributed by atoms with van der Waals surface area (Å²) in [5.41, 5.74) is 11.2. The van der Waals surface area contributed by atoms with E-state index in [2.05, 4.69) is 39.7 Å². The van der Waals surface area contributed by atoms with Crippen LogP contribution in [0.4, 0.5) is 10.6 Å². The van der Waals surface area contributed by atoms with Gasteiger partial charge in [-0.2, -0.15) is 10.2 Å². The summed E-state index contributed by atoms with van der Waals surface area (Å²) in [6.45, 7) is 3.71. The fraction of sp³-hybridized carbons (Fsp3) is 0.241. The molecule has 1 aliphatic carbocycles. The molecule has 0 unspecified atom stereocenters. The molecule has 1 fully saturated rings. The van der Waals surface area contributed by atoms with E-state index in [1.807, 2.05) is 59.1 Å². The Bertz CT molecular complexity index is 1600. The Morgan fingerprint density at radius 1 is 1.03 bits per heavy atom. The molecule has 1 saturated carbocycles. The van der Waals surface area contributed by atoms with Crippen molar-refractivity contribution in [2.45, 2.75) is 45.3 Å². The number of nitrogens with zero attached hydrogens (tertiary/aromatic N) is 5. The summed E-state index contributed by atoms with van der Waals surface area (Å²) in [5.74, 6) is 1.36. The number of pyridine rings is 1. The summed E-state index contributed by atoms with van der Waals surface area (Å²) in [5, 5.41) is 13.8. The molecule has 38 heavy (non-hydrogen) atoms. The van der Waals surface area contributed by atoms with Gasteiger partial charge in [-0.15, -0.1) is 0 Å². The van der Waals surface area contributed by atoms with Crippen LogP contribution in [0.5, 0.6) is 5.75 Å². The van der Waals surface area contributed by atoms with Gasteiger partial charge in [0.25, 0.3) is 0 Å². The summed E-state index contributed by atoms with van der Waals surface area (Å²) in [4.78, 5) is 16.8. The second-order valence-corrected chi connectivity index (χ2v) is 9.88. The highest BCUT2D eigenvalue weighted by molar-refractivity contribution is 5.91. The molecule has 5 aromatic rings. The Balaban J connectivity index is 1.09. The Morgan fingerprint density at radius 3 is 2.47 bits per heavy atom. The van der Waals surface area contributed by atoms with Gasteiger partial charge in [-0.3, -0.25) is 9.36 Å². The number of nitrogen functional groups attached to an aromatic ring is 1. The van der Waals surface area contributed by atoms with Gasteiger partial charge in [0, 0.05) is 30.2 Å². The van der Waals surface area contributed by atoms with Gasteiger partial charge < -0.3 is 15.8 Å². The number of rotatable bonds is 8. The maximum Gasteiger partial charge on any atom is 0.412 e. The first-order valence-corrected chi connectivity index (χ1v) is 12.7. The number of benzene rings is 2. The van der Waals surface area contributed by atoms with Crippen LogP contribution in [-0.4, -0.2) is 30.6 Å². The molecule has 9 heteroatoms. The summed E-state index contributed by atoms with van der Waals surface area (Å²) < 4.78 is 9.49. The quantitative estimate of drug-likeness (QED) is 0.313. The number of nitrogens with one attached hydrogen (secondary N) is 1. The average Bonchev–Trinajstić information content (AvgIpc) is 3.56. The van der Waals surface area contributed by atoms with Crippen LogP contribution in [0.2, 0.25) is 0 Å². The third-order valence-electron chi connectivity index (χ3n) is 6.69. The van der Waals surface area contributed by atoms with Crippen LogP contribution in [-0.2, 0) is 19.6 Å². The molecular formula is C29H29N7O2. The summed E-state index contributed by atoms with van der Waals surface area (Å²) in [6, 6.07) is 16.2. The smallest absolute Gasteiger partial charge is 0.407 e. The molecule has 0 radical (unpaired) electrons. The van der Waals surface area contributed by atoms with Gasteiger partial charge >= 0.3 is 6.09 Å². The van der Waals surface area contributed by atoms with E-state index in [4.69, 9.17) is 15.6 Å². The fourth-order valence-electron chi connectivity index (χ4n) is 4.57. The first kappa shape index (κ1) is 23.7. The number of fused-ring (bicyclic) bond motifs is 1. The second-order valence-electron chi connectivity index (χ2n) is 9.88. The highest BCUT2D eigenvalue weighted by Crippen LogP contribution is 2.43. The van der Waals surface area contributed by atoms with Crippen molar-refractivity contribution in [3.05, 3.63) is 101 Å². The number of carbonyl (C=O) groups excluding carboxylic acids is 1. The molecule has 3 heterocycles. The number of ether oxygens (including phenoxy) is 1. The van der Waals surface area contributed by atoms with Crippen molar-refractivity contribution in [1.29, 1.82) is 0 Å². The number of nitrogens with two attached hydrogens (primary N) is 1. The summed E-state index contributed by atoms with van der Waals surface area (Å²) in [7, 11) is 0. The third kappa shape index (κ3) is 5.36. The van der Waals surface area contributed by atoms with Crippen LogP contribution in [0.1, 0.15) is 46.7 Å². The van der Waals surface area contributed by atoms with E-state index in [9.17, 15) is 4.79 Å². The molecule has 2 aromatic carbocycles. The zero-order valence-electron chi connectivity index (χ0n) is 21.2. The highest BCUT2D eigenvalue weighted by atomic mass is 16.6. The minimum atomic E-state index is -0.501. The predicted molar refractivity (Wildman–Crippen MR) is 145 cm³/mol. The molecular weight excluding hydrogens is 478 g/mol. The van der Waals surface area contributed by atoms with Crippen molar-refractivity contribution >= 4 is 22.7 Å². The molecule has 6 rings (SSSR count). The topological polar surface area (TPSA) is 113 Å². The summed E-state index contributed by atoms with van der Waals surface area (Å²) in [6.07, 6.45) is 9.01. The molecule has 1 amide bonds. The van der Waals surface area contributed by atoms with Gasteiger partial charge in [0.1, 0.15) is 11.5 Å². The molecule has 0 aliphatic heterocycles. The van der Waals surface area contributed by atoms with Crippen molar-refractivity contribution in [3.63, 3.8) is 0 Å². The van der Waals surface area contributed by atoms with E-state index in [-0.39, 0.29) is 0 Å². The molecule has 0 bridgehead atoms. The molecule has 0 spiro atoms. The third-order valence-corrected chi connectivity index (χ3v) is 6.69. The minimum absolute atomic E-state index is 0.342. The average molecular weight is 508 g/mol. The van der Waals surface area contributed by atoms with E-state index >= 15 is 0 Å². The van der Waals surface area contributed by atoms with Crippen molar-refractivity contribution in [2.75, 3.05) is 5.73 Å². The molecule has 3 aromatic heterocycles. The van der Waals surface area contributed by atoms with Crippen molar-refractivity contribution in [2.24, 2.45) is 0 Å². The number of aryl methyl sites for hydroxylation is 1. The van der Waals surface area contributed by atoms with Crippen LogP contribution in [0, 0.1) is 6.92 Å². The Labute approximate surface area is 220 Å². The Kier molecular flexibility index (Phi) is 6.25. The molecule has 9 nitrogen and oxygen atoms in total.